The van der Waals surface area contributed by atoms with Gasteiger partial charge in [-0.1, -0.05) is 23.2 Å². The number of carbonyl (C=O) groups is 1. The monoisotopic (exact) mass is 309 g/mol. The summed E-state index contributed by atoms with van der Waals surface area (Å²) in [5.41, 5.74) is 7.99. The highest BCUT2D eigenvalue weighted by Gasteiger charge is 2.11. The summed E-state index contributed by atoms with van der Waals surface area (Å²) >= 11 is 11.9. The van der Waals surface area contributed by atoms with Crippen LogP contribution in [0.4, 0.5) is 17.1 Å². The molecule has 4 nitrogen and oxygen atoms in total. The van der Waals surface area contributed by atoms with Gasteiger partial charge < -0.3 is 16.4 Å². The van der Waals surface area contributed by atoms with E-state index >= 15 is 0 Å². The minimum atomic E-state index is -0.229. The first-order chi connectivity index (χ1) is 9.49. The fourth-order valence-corrected chi connectivity index (χ4v) is 2.30. The molecule has 0 heterocycles. The highest BCUT2D eigenvalue weighted by atomic mass is 35.5. The van der Waals surface area contributed by atoms with Crippen molar-refractivity contribution in [3.8, 4) is 0 Å². The van der Waals surface area contributed by atoms with E-state index in [1.807, 2.05) is 0 Å². The van der Waals surface area contributed by atoms with Crippen LogP contribution in [-0.4, -0.2) is 13.0 Å². The van der Waals surface area contributed by atoms with Gasteiger partial charge in [-0.2, -0.15) is 0 Å². The Bertz CT molecular complexity index is 639. The predicted molar refractivity (Wildman–Crippen MR) is 84.0 cm³/mol. The molecule has 0 saturated heterocycles. The zero-order valence-corrected chi connectivity index (χ0v) is 12.2. The maximum atomic E-state index is 11.9. The van der Waals surface area contributed by atoms with Gasteiger partial charge >= 0.3 is 0 Å². The average molecular weight is 310 g/mol. The summed E-state index contributed by atoms with van der Waals surface area (Å²) in [7, 11) is 1.56. The summed E-state index contributed by atoms with van der Waals surface area (Å²) in [5, 5.41) is 6.70. The van der Waals surface area contributed by atoms with Crippen LogP contribution in [-0.2, 0) is 0 Å². The molecule has 0 radical (unpaired) electrons. The van der Waals surface area contributed by atoms with Crippen LogP contribution in [0, 0.1) is 0 Å². The second-order valence-corrected chi connectivity index (χ2v) is 5.04. The maximum Gasteiger partial charge on any atom is 0.253 e. The molecule has 0 bridgehead atoms. The second-order valence-electron chi connectivity index (χ2n) is 4.17. The first-order valence-electron chi connectivity index (χ1n) is 5.84. The second kappa shape index (κ2) is 6.03. The van der Waals surface area contributed by atoms with Gasteiger partial charge in [0, 0.05) is 28.5 Å². The molecule has 0 fully saturated rings. The zero-order chi connectivity index (χ0) is 14.7. The predicted octanol–water partition coefficient (Wildman–Crippen LogP) is 3.68. The fraction of sp³-hybridized carbons (Fsp3) is 0.0714. The maximum absolute atomic E-state index is 11.9. The standard InChI is InChI=1S/C14H13Cl2N3O/c1-18-14(20)12-7-10(17)2-3-13(12)19-11-5-8(15)4-9(16)6-11/h2-7,19H,17H2,1H3,(H,18,20). The Kier molecular flexibility index (Phi) is 4.37. The normalized spacial score (nSPS) is 10.2. The number of amides is 1. The number of anilines is 3. The molecule has 104 valence electrons. The third kappa shape index (κ3) is 3.35. The third-order valence-electron chi connectivity index (χ3n) is 2.66. The molecule has 4 N–H and O–H groups in total. The number of benzene rings is 2. The molecule has 2 rings (SSSR count). The Balaban J connectivity index is 2.40. The quantitative estimate of drug-likeness (QED) is 0.758. The lowest BCUT2D eigenvalue weighted by atomic mass is 10.1. The molecule has 0 aromatic heterocycles. The van der Waals surface area contributed by atoms with Gasteiger partial charge in [-0.15, -0.1) is 0 Å². The van der Waals surface area contributed by atoms with Gasteiger partial charge in [-0.25, -0.2) is 0 Å². The summed E-state index contributed by atoms with van der Waals surface area (Å²) in [5.74, 6) is -0.229. The number of carbonyl (C=O) groups excluding carboxylic acids is 1. The number of nitrogen functional groups attached to an aromatic ring is 1. The Morgan fingerprint density at radius 2 is 1.75 bits per heavy atom. The van der Waals surface area contributed by atoms with Crippen molar-refractivity contribution >= 4 is 46.2 Å². The lowest BCUT2D eigenvalue weighted by Gasteiger charge is -2.12. The molecule has 2 aromatic rings. The Labute approximate surface area is 126 Å². The summed E-state index contributed by atoms with van der Waals surface area (Å²) < 4.78 is 0. The molecule has 0 saturated carbocycles. The van der Waals surface area contributed by atoms with Gasteiger partial charge in [-0.3, -0.25) is 4.79 Å². The van der Waals surface area contributed by atoms with Crippen LogP contribution in [0.25, 0.3) is 0 Å². The average Bonchev–Trinajstić information content (AvgIpc) is 2.38. The van der Waals surface area contributed by atoms with E-state index in [1.165, 1.54) is 0 Å². The number of hydrogen-bond donors (Lipinski definition) is 3. The topological polar surface area (TPSA) is 67.2 Å². The van der Waals surface area contributed by atoms with Gasteiger partial charge in [0.2, 0.25) is 0 Å². The molecule has 1 amide bonds. The number of halogens is 2. The van der Waals surface area contributed by atoms with Crippen LogP contribution < -0.4 is 16.4 Å². The number of nitrogens with two attached hydrogens (primary N) is 1. The van der Waals surface area contributed by atoms with Crippen molar-refractivity contribution in [2.75, 3.05) is 18.1 Å². The van der Waals surface area contributed by atoms with Crippen molar-refractivity contribution < 1.29 is 4.79 Å². The van der Waals surface area contributed by atoms with Crippen LogP contribution in [0.1, 0.15) is 10.4 Å². The SMILES string of the molecule is CNC(=O)c1cc(N)ccc1Nc1cc(Cl)cc(Cl)c1. The van der Waals surface area contributed by atoms with E-state index in [0.717, 1.165) is 0 Å². The first-order valence-corrected chi connectivity index (χ1v) is 6.60. The summed E-state index contributed by atoms with van der Waals surface area (Å²) in [6, 6.07) is 10.1. The van der Waals surface area contributed by atoms with Crippen molar-refractivity contribution in [2.45, 2.75) is 0 Å². The first kappa shape index (κ1) is 14.5. The third-order valence-corrected chi connectivity index (χ3v) is 3.09. The van der Waals surface area contributed by atoms with Crippen molar-refractivity contribution in [3.63, 3.8) is 0 Å². The van der Waals surface area contributed by atoms with Gasteiger partial charge in [0.05, 0.1) is 11.3 Å². The largest absolute Gasteiger partial charge is 0.399 e. The van der Waals surface area contributed by atoms with E-state index in [-0.39, 0.29) is 5.91 Å². The summed E-state index contributed by atoms with van der Waals surface area (Å²) in [6.45, 7) is 0. The number of rotatable bonds is 3. The molecule has 0 aliphatic heterocycles. The van der Waals surface area contributed by atoms with Gasteiger partial charge in [0.25, 0.3) is 5.91 Å². The number of hydrogen-bond acceptors (Lipinski definition) is 3. The van der Waals surface area contributed by atoms with Crippen molar-refractivity contribution in [1.82, 2.24) is 5.32 Å². The molecule has 0 aliphatic rings. The minimum absolute atomic E-state index is 0.229. The molecular formula is C14H13Cl2N3O. The minimum Gasteiger partial charge on any atom is -0.399 e. The summed E-state index contributed by atoms with van der Waals surface area (Å²) in [6.07, 6.45) is 0. The molecular weight excluding hydrogens is 297 g/mol. The van der Waals surface area contributed by atoms with Crippen LogP contribution in [0.2, 0.25) is 10.0 Å². The Hall–Kier alpha value is -1.91. The highest BCUT2D eigenvalue weighted by Crippen LogP contribution is 2.27. The van der Waals surface area contributed by atoms with Gasteiger partial charge in [0.15, 0.2) is 0 Å². The van der Waals surface area contributed by atoms with Crippen molar-refractivity contribution in [3.05, 3.63) is 52.0 Å². The van der Waals surface area contributed by atoms with Crippen LogP contribution in [0.5, 0.6) is 0 Å². The Morgan fingerprint density at radius 3 is 2.35 bits per heavy atom. The van der Waals surface area contributed by atoms with Crippen LogP contribution in [0.3, 0.4) is 0 Å². The molecule has 0 atom stereocenters. The summed E-state index contributed by atoms with van der Waals surface area (Å²) in [4.78, 5) is 11.9. The smallest absolute Gasteiger partial charge is 0.253 e. The van der Waals surface area contributed by atoms with E-state index in [9.17, 15) is 4.79 Å². The molecule has 0 unspecified atom stereocenters. The lowest BCUT2D eigenvalue weighted by Crippen LogP contribution is -2.19. The molecule has 0 aliphatic carbocycles. The van der Waals surface area contributed by atoms with Crippen molar-refractivity contribution in [1.29, 1.82) is 0 Å². The van der Waals surface area contributed by atoms with Crippen LogP contribution >= 0.6 is 23.2 Å². The number of nitrogens with one attached hydrogen (secondary N) is 2. The van der Waals surface area contributed by atoms with E-state index in [2.05, 4.69) is 10.6 Å². The Morgan fingerprint density at radius 1 is 1.10 bits per heavy atom. The van der Waals surface area contributed by atoms with Crippen LogP contribution in [0.15, 0.2) is 36.4 Å². The van der Waals surface area contributed by atoms with E-state index in [1.54, 1.807) is 43.4 Å². The highest BCUT2D eigenvalue weighted by molar-refractivity contribution is 6.35. The molecule has 2 aromatic carbocycles. The van der Waals surface area contributed by atoms with E-state index in [0.29, 0.717) is 32.7 Å². The van der Waals surface area contributed by atoms with E-state index < -0.39 is 0 Å². The van der Waals surface area contributed by atoms with Crippen molar-refractivity contribution in [2.24, 2.45) is 0 Å². The molecule has 6 heteroatoms. The van der Waals surface area contributed by atoms with E-state index in [4.69, 9.17) is 28.9 Å². The van der Waals surface area contributed by atoms with Gasteiger partial charge in [-0.05, 0) is 36.4 Å². The molecule has 0 spiro atoms. The lowest BCUT2D eigenvalue weighted by molar-refractivity contribution is 0.0964. The fourth-order valence-electron chi connectivity index (χ4n) is 1.77. The van der Waals surface area contributed by atoms with Gasteiger partial charge in [0.1, 0.15) is 0 Å². The zero-order valence-electron chi connectivity index (χ0n) is 10.7. The molecule has 20 heavy (non-hydrogen) atoms.